The van der Waals surface area contributed by atoms with E-state index in [1.165, 1.54) is 0 Å². The van der Waals surface area contributed by atoms with Gasteiger partial charge in [0.05, 0.1) is 6.61 Å². The third kappa shape index (κ3) is 5.25. The van der Waals surface area contributed by atoms with Crippen molar-refractivity contribution < 1.29 is 28.6 Å². The number of nitrogens with zero attached hydrogens (tertiary/aromatic N) is 2. The van der Waals surface area contributed by atoms with E-state index in [4.69, 9.17) is 14.2 Å². The van der Waals surface area contributed by atoms with Gasteiger partial charge in [-0.3, -0.25) is 19.3 Å². The van der Waals surface area contributed by atoms with E-state index in [1.807, 2.05) is 74.5 Å². The number of ether oxygens (including phenoxy) is 3. The van der Waals surface area contributed by atoms with Crippen LogP contribution < -0.4 is 14.8 Å². The third-order valence-corrected chi connectivity index (χ3v) is 8.05. The Kier molecular flexibility index (Phi) is 7.13. The van der Waals surface area contributed by atoms with Crippen molar-refractivity contribution in [3.8, 4) is 11.5 Å². The fourth-order valence-electron chi connectivity index (χ4n) is 5.86. The lowest BCUT2D eigenvalue weighted by molar-refractivity contribution is -0.128. The third-order valence-electron chi connectivity index (χ3n) is 8.05. The average molecular weight is 556 g/mol. The van der Waals surface area contributed by atoms with Gasteiger partial charge >= 0.3 is 0 Å². The van der Waals surface area contributed by atoms with Crippen molar-refractivity contribution in [3.63, 3.8) is 0 Å². The molecule has 3 aromatic carbocycles. The molecule has 1 unspecified atom stereocenters. The highest BCUT2D eigenvalue weighted by Crippen LogP contribution is 2.39. The Hall–Kier alpha value is -4.37. The summed E-state index contributed by atoms with van der Waals surface area (Å²) in [6.45, 7) is 5.24. The molecular weight excluding hydrogens is 522 g/mol. The standard InChI is InChI=1S/C32H33N3O6/c1-21-5-3-7-24(15-21)30(37)34-13-11-32(12-14-34)35(31(38)25-8-4-6-22(2)16-25)26(19-41-32)29(36)33-18-23-9-10-27-28(17-23)40-20-39-27/h3-10,15-17,26H,11-14,18-20H2,1-2H3,(H,33,36). The lowest BCUT2D eigenvalue weighted by atomic mass is 9.95. The number of nitrogens with one attached hydrogen (secondary N) is 1. The monoisotopic (exact) mass is 555 g/mol. The SMILES string of the molecule is Cc1cccc(C(=O)N2CCC3(CC2)OCC(C(=O)NCc2ccc4c(c2)OCO4)N3C(=O)c2cccc(C)c2)c1. The largest absolute Gasteiger partial charge is 0.454 e. The Morgan fingerprint density at radius 1 is 0.854 bits per heavy atom. The van der Waals surface area contributed by atoms with Crippen molar-refractivity contribution in [2.45, 2.75) is 45.0 Å². The summed E-state index contributed by atoms with van der Waals surface area (Å²) < 4.78 is 17.2. The summed E-state index contributed by atoms with van der Waals surface area (Å²) in [5.41, 5.74) is 2.99. The summed E-state index contributed by atoms with van der Waals surface area (Å²) in [5, 5.41) is 2.98. The zero-order valence-electron chi connectivity index (χ0n) is 23.2. The van der Waals surface area contributed by atoms with Crippen LogP contribution in [0.2, 0.25) is 0 Å². The highest BCUT2D eigenvalue weighted by atomic mass is 16.7. The number of carbonyl (C=O) groups excluding carboxylic acids is 3. The smallest absolute Gasteiger partial charge is 0.256 e. The van der Waals surface area contributed by atoms with E-state index in [0.717, 1.165) is 16.7 Å². The number of hydrogen-bond donors (Lipinski definition) is 1. The molecule has 0 saturated carbocycles. The van der Waals surface area contributed by atoms with Gasteiger partial charge in [-0.15, -0.1) is 0 Å². The van der Waals surface area contributed by atoms with E-state index in [0.29, 0.717) is 48.6 Å². The van der Waals surface area contributed by atoms with Crippen LogP contribution >= 0.6 is 0 Å². The van der Waals surface area contributed by atoms with E-state index in [1.54, 1.807) is 15.9 Å². The summed E-state index contributed by atoms with van der Waals surface area (Å²) in [6.07, 6.45) is 0.822. The van der Waals surface area contributed by atoms with Crippen molar-refractivity contribution >= 4 is 17.7 Å². The molecule has 3 aliphatic rings. The second kappa shape index (κ2) is 10.9. The topological polar surface area (TPSA) is 97.4 Å². The molecule has 0 radical (unpaired) electrons. The molecule has 212 valence electrons. The molecule has 3 aromatic rings. The fraction of sp³-hybridized carbons (Fsp3) is 0.344. The van der Waals surface area contributed by atoms with Crippen LogP contribution in [0.5, 0.6) is 11.5 Å². The average Bonchev–Trinajstić information content (AvgIpc) is 3.60. The maximum atomic E-state index is 14.0. The normalized spacial score (nSPS) is 18.9. The fourth-order valence-corrected chi connectivity index (χ4v) is 5.86. The molecule has 2 saturated heterocycles. The summed E-state index contributed by atoms with van der Waals surface area (Å²) in [4.78, 5) is 44.2. The zero-order chi connectivity index (χ0) is 28.6. The molecule has 1 spiro atoms. The van der Waals surface area contributed by atoms with Crippen LogP contribution in [-0.4, -0.2) is 65.8 Å². The Morgan fingerprint density at radius 3 is 2.20 bits per heavy atom. The maximum Gasteiger partial charge on any atom is 0.256 e. The molecular formula is C32H33N3O6. The van der Waals surface area contributed by atoms with Gasteiger partial charge in [-0.1, -0.05) is 41.5 Å². The van der Waals surface area contributed by atoms with Gasteiger partial charge in [0, 0.05) is 43.6 Å². The second-order valence-electron chi connectivity index (χ2n) is 10.9. The first-order valence-corrected chi connectivity index (χ1v) is 13.9. The summed E-state index contributed by atoms with van der Waals surface area (Å²) in [6, 6.07) is 19.6. The number of rotatable bonds is 5. The number of benzene rings is 3. The van der Waals surface area contributed by atoms with Crippen LogP contribution in [0.3, 0.4) is 0 Å². The van der Waals surface area contributed by atoms with Crippen LogP contribution in [0, 0.1) is 13.8 Å². The van der Waals surface area contributed by atoms with Gasteiger partial charge < -0.3 is 24.4 Å². The Morgan fingerprint density at radius 2 is 1.51 bits per heavy atom. The molecule has 3 heterocycles. The molecule has 0 aliphatic carbocycles. The van der Waals surface area contributed by atoms with Crippen molar-refractivity contribution in [3.05, 3.63) is 94.5 Å². The van der Waals surface area contributed by atoms with Crippen molar-refractivity contribution in [1.29, 1.82) is 0 Å². The Labute approximate surface area is 239 Å². The Balaban J connectivity index is 1.21. The van der Waals surface area contributed by atoms with Gasteiger partial charge in [0.15, 0.2) is 11.5 Å². The predicted molar refractivity (Wildman–Crippen MR) is 151 cm³/mol. The van der Waals surface area contributed by atoms with Gasteiger partial charge in [0.25, 0.3) is 11.8 Å². The number of amides is 3. The predicted octanol–water partition coefficient (Wildman–Crippen LogP) is 3.82. The summed E-state index contributed by atoms with van der Waals surface area (Å²) >= 11 is 0. The minimum Gasteiger partial charge on any atom is -0.454 e. The molecule has 1 atom stereocenters. The first kappa shape index (κ1) is 26.8. The molecule has 0 bridgehead atoms. The molecule has 0 aromatic heterocycles. The molecule has 3 amide bonds. The lowest BCUT2D eigenvalue weighted by Crippen LogP contribution is -2.59. The highest BCUT2D eigenvalue weighted by Gasteiger charge is 2.54. The molecule has 1 N–H and O–H groups in total. The quantitative estimate of drug-likeness (QED) is 0.514. The molecule has 3 aliphatic heterocycles. The molecule has 2 fully saturated rings. The van der Waals surface area contributed by atoms with Crippen LogP contribution in [-0.2, 0) is 16.1 Å². The van der Waals surface area contributed by atoms with E-state index in [-0.39, 0.29) is 37.7 Å². The van der Waals surface area contributed by atoms with E-state index < -0.39 is 11.8 Å². The number of hydrogen-bond acceptors (Lipinski definition) is 6. The second-order valence-corrected chi connectivity index (χ2v) is 10.9. The molecule has 6 rings (SSSR count). The molecule has 9 nitrogen and oxygen atoms in total. The van der Waals surface area contributed by atoms with Gasteiger partial charge in [0.2, 0.25) is 12.7 Å². The van der Waals surface area contributed by atoms with Gasteiger partial charge in [0.1, 0.15) is 11.8 Å². The van der Waals surface area contributed by atoms with Crippen LogP contribution in [0.25, 0.3) is 0 Å². The number of aryl methyl sites for hydroxylation is 2. The Bertz CT molecular complexity index is 1500. The van der Waals surface area contributed by atoms with E-state index in [9.17, 15) is 14.4 Å². The zero-order valence-corrected chi connectivity index (χ0v) is 23.2. The lowest BCUT2D eigenvalue weighted by Gasteiger charge is -2.44. The van der Waals surface area contributed by atoms with Crippen molar-refractivity contribution in [1.82, 2.24) is 15.1 Å². The summed E-state index contributed by atoms with van der Waals surface area (Å²) in [7, 11) is 0. The minimum atomic E-state index is -0.981. The van der Waals surface area contributed by atoms with Crippen LogP contribution in [0.15, 0.2) is 66.7 Å². The number of piperidine rings is 1. The number of carbonyl (C=O) groups is 3. The summed E-state index contributed by atoms with van der Waals surface area (Å²) in [5.74, 6) is 0.722. The van der Waals surface area contributed by atoms with Crippen LogP contribution in [0.1, 0.15) is 50.2 Å². The first-order valence-electron chi connectivity index (χ1n) is 13.9. The van der Waals surface area contributed by atoms with Gasteiger partial charge in [-0.2, -0.15) is 0 Å². The molecule has 41 heavy (non-hydrogen) atoms. The van der Waals surface area contributed by atoms with Crippen LogP contribution in [0.4, 0.5) is 0 Å². The highest BCUT2D eigenvalue weighted by molar-refractivity contribution is 5.99. The van der Waals surface area contributed by atoms with E-state index in [2.05, 4.69) is 5.32 Å². The minimum absolute atomic E-state index is 0.0453. The number of fused-ring (bicyclic) bond motifs is 1. The molecule has 9 heteroatoms. The van der Waals surface area contributed by atoms with Gasteiger partial charge in [-0.25, -0.2) is 0 Å². The van der Waals surface area contributed by atoms with E-state index >= 15 is 0 Å². The number of likely N-dealkylation sites (tertiary alicyclic amines) is 1. The van der Waals surface area contributed by atoms with Crippen molar-refractivity contribution in [2.24, 2.45) is 0 Å². The van der Waals surface area contributed by atoms with Crippen molar-refractivity contribution in [2.75, 3.05) is 26.5 Å². The maximum absolute atomic E-state index is 14.0. The van der Waals surface area contributed by atoms with Gasteiger partial charge in [-0.05, 0) is 55.8 Å². The first-order chi connectivity index (χ1) is 19.8.